The molecule has 1 aromatic rings. The van der Waals surface area contributed by atoms with Gasteiger partial charge < -0.3 is 9.47 Å². The van der Waals surface area contributed by atoms with Gasteiger partial charge in [0.1, 0.15) is 5.75 Å². The SMILES string of the molecule is COC(=O)C=Cc1ccc(OC(F)F)cc1. The van der Waals surface area contributed by atoms with Gasteiger partial charge >= 0.3 is 12.6 Å². The van der Waals surface area contributed by atoms with Gasteiger partial charge in [0, 0.05) is 6.08 Å². The van der Waals surface area contributed by atoms with E-state index in [0.717, 1.165) is 0 Å². The van der Waals surface area contributed by atoms with Crippen molar-refractivity contribution in [3.8, 4) is 5.75 Å². The Labute approximate surface area is 91.3 Å². The number of hydrogen-bond donors (Lipinski definition) is 0. The lowest BCUT2D eigenvalue weighted by atomic mass is 10.2. The average Bonchev–Trinajstić information content (AvgIpc) is 2.27. The molecule has 3 nitrogen and oxygen atoms in total. The van der Waals surface area contributed by atoms with Gasteiger partial charge in [0.15, 0.2) is 0 Å². The Kier molecular flexibility index (Phi) is 4.44. The van der Waals surface area contributed by atoms with Crippen LogP contribution in [0.25, 0.3) is 6.08 Å². The fraction of sp³-hybridized carbons (Fsp3) is 0.182. The van der Waals surface area contributed by atoms with Gasteiger partial charge in [-0.3, -0.25) is 0 Å². The van der Waals surface area contributed by atoms with E-state index in [9.17, 15) is 13.6 Å². The molecule has 0 atom stereocenters. The van der Waals surface area contributed by atoms with Crippen molar-refractivity contribution in [1.82, 2.24) is 0 Å². The Hall–Kier alpha value is -1.91. The minimum Gasteiger partial charge on any atom is -0.466 e. The molecule has 0 heterocycles. The van der Waals surface area contributed by atoms with E-state index in [0.29, 0.717) is 5.56 Å². The molecule has 0 saturated carbocycles. The first-order chi connectivity index (χ1) is 7.61. The van der Waals surface area contributed by atoms with Crippen molar-refractivity contribution in [3.63, 3.8) is 0 Å². The van der Waals surface area contributed by atoms with Crippen molar-refractivity contribution in [1.29, 1.82) is 0 Å². The lowest BCUT2D eigenvalue weighted by Crippen LogP contribution is -2.01. The topological polar surface area (TPSA) is 35.5 Å². The van der Waals surface area contributed by atoms with E-state index < -0.39 is 12.6 Å². The second kappa shape index (κ2) is 5.85. The van der Waals surface area contributed by atoms with Gasteiger partial charge in [-0.05, 0) is 23.8 Å². The van der Waals surface area contributed by atoms with Crippen molar-refractivity contribution in [2.45, 2.75) is 6.61 Å². The quantitative estimate of drug-likeness (QED) is 0.586. The van der Waals surface area contributed by atoms with Crippen LogP contribution in [-0.4, -0.2) is 19.7 Å². The second-order valence-corrected chi connectivity index (χ2v) is 2.80. The molecule has 5 heteroatoms. The molecule has 0 amide bonds. The number of esters is 1. The maximum absolute atomic E-state index is 11.8. The summed E-state index contributed by atoms with van der Waals surface area (Å²) in [5.41, 5.74) is 0.687. The number of carbonyl (C=O) groups is 1. The minimum absolute atomic E-state index is 0.0743. The molecule has 0 aliphatic heterocycles. The fourth-order valence-electron chi connectivity index (χ4n) is 0.993. The molecule has 0 saturated heterocycles. The van der Waals surface area contributed by atoms with Crippen LogP contribution in [0.5, 0.6) is 5.75 Å². The highest BCUT2D eigenvalue weighted by atomic mass is 19.3. The zero-order valence-corrected chi connectivity index (χ0v) is 8.52. The molecular weight excluding hydrogens is 218 g/mol. The zero-order chi connectivity index (χ0) is 12.0. The van der Waals surface area contributed by atoms with Crippen LogP contribution in [0, 0.1) is 0 Å². The highest BCUT2D eigenvalue weighted by molar-refractivity contribution is 5.86. The first-order valence-corrected chi connectivity index (χ1v) is 4.42. The normalized spacial score (nSPS) is 10.8. The molecule has 16 heavy (non-hydrogen) atoms. The van der Waals surface area contributed by atoms with Crippen LogP contribution in [-0.2, 0) is 9.53 Å². The van der Waals surface area contributed by atoms with Crippen molar-refractivity contribution < 1.29 is 23.0 Å². The standard InChI is InChI=1S/C11H10F2O3/c1-15-10(14)7-4-8-2-5-9(6-3-8)16-11(12)13/h2-7,11H,1H3. The number of hydrogen-bond acceptors (Lipinski definition) is 3. The molecule has 0 radical (unpaired) electrons. The van der Waals surface area contributed by atoms with Crippen molar-refractivity contribution >= 4 is 12.0 Å². The summed E-state index contributed by atoms with van der Waals surface area (Å²) < 4.78 is 32.2. The zero-order valence-electron chi connectivity index (χ0n) is 8.52. The average molecular weight is 228 g/mol. The summed E-state index contributed by atoms with van der Waals surface area (Å²) in [6, 6.07) is 5.89. The molecule has 0 aliphatic carbocycles. The first kappa shape index (κ1) is 12.2. The van der Waals surface area contributed by atoms with E-state index in [1.165, 1.54) is 31.4 Å². The Morgan fingerprint density at radius 1 is 1.31 bits per heavy atom. The molecule has 0 N–H and O–H groups in total. The van der Waals surface area contributed by atoms with E-state index in [1.54, 1.807) is 12.1 Å². The monoisotopic (exact) mass is 228 g/mol. The maximum Gasteiger partial charge on any atom is 0.387 e. The molecule has 0 aromatic heterocycles. The Bertz CT molecular complexity index is 371. The van der Waals surface area contributed by atoms with Crippen LogP contribution < -0.4 is 4.74 Å². The molecule has 1 rings (SSSR count). The van der Waals surface area contributed by atoms with Crippen molar-refractivity contribution in [2.24, 2.45) is 0 Å². The molecule has 0 unspecified atom stereocenters. The van der Waals surface area contributed by atoms with Gasteiger partial charge in [-0.25, -0.2) is 4.79 Å². The van der Waals surface area contributed by atoms with E-state index >= 15 is 0 Å². The van der Waals surface area contributed by atoms with E-state index in [4.69, 9.17) is 0 Å². The van der Waals surface area contributed by atoms with Crippen LogP contribution in [0.4, 0.5) is 8.78 Å². The number of benzene rings is 1. The van der Waals surface area contributed by atoms with Crippen LogP contribution in [0.1, 0.15) is 5.56 Å². The first-order valence-electron chi connectivity index (χ1n) is 4.42. The highest BCUT2D eigenvalue weighted by Gasteiger charge is 2.02. The van der Waals surface area contributed by atoms with Gasteiger partial charge in [0.05, 0.1) is 7.11 Å². The number of methoxy groups -OCH3 is 1. The summed E-state index contributed by atoms with van der Waals surface area (Å²) in [5, 5.41) is 0. The third-order valence-electron chi connectivity index (χ3n) is 1.72. The van der Waals surface area contributed by atoms with Crippen molar-refractivity contribution in [3.05, 3.63) is 35.9 Å². The van der Waals surface area contributed by atoms with Crippen LogP contribution in [0.3, 0.4) is 0 Å². The largest absolute Gasteiger partial charge is 0.466 e. The van der Waals surface area contributed by atoms with E-state index in [1.807, 2.05) is 0 Å². The highest BCUT2D eigenvalue weighted by Crippen LogP contribution is 2.15. The molecular formula is C11H10F2O3. The number of carbonyl (C=O) groups excluding carboxylic acids is 1. The lowest BCUT2D eigenvalue weighted by molar-refractivity contribution is -0.134. The predicted octanol–water partition coefficient (Wildman–Crippen LogP) is 2.47. The second-order valence-electron chi connectivity index (χ2n) is 2.80. The summed E-state index contributed by atoms with van der Waals surface area (Å²) in [6.07, 6.45) is 2.75. The number of ether oxygens (including phenoxy) is 2. The van der Waals surface area contributed by atoms with E-state index in [-0.39, 0.29) is 5.75 Å². The number of rotatable bonds is 4. The smallest absolute Gasteiger partial charge is 0.387 e. The molecule has 86 valence electrons. The van der Waals surface area contributed by atoms with Crippen LogP contribution in [0.2, 0.25) is 0 Å². The number of halogens is 2. The molecule has 0 fully saturated rings. The summed E-state index contributed by atoms with van der Waals surface area (Å²) >= 11 is 0. The molecule has 1 aromatic carbocycles. The van der Waals surface area contributed by atoms with Gasteiger partial charge in [-0.15, -0.1) is 0 Å². The summed E-state index contributed by atoms with van der Waals surface area (Å²) in [6.45, 7) is -2.84. The maximum atomic E-state index is 11.8. The molecule has 0 aliphatic rings. The van der Waals surface area contributed by atoms with E-state index in [2.05, 4.69) is 9.47 Å². The van der Waals surface area contributed by atoms with Crippen molar-refractivity contribution in [2.75, 3.05) is 7.11 Å². The van der Waals surface area contributed by atoms with Gasteiger partial charge in [0.25, 0.3) is 0 Å². The summed E-state index contributed by atoms with van der Waals surface area (Å²) in [7, 11) is 1.27. The lowest BCUT2D eigenvalue weighted by Gasteiger charge is -2.03. The summed E-state index contributed by atoms with van der Waals surface area (Å²) in [4.78, 5) is 10.8. The third kappa shape index (κ3) is 4.08. The Morgan fingerprint density at radius 3 is 2.44 bits per heavy atom. The Morgan fingerprint density at radius 2 is 1.94 bits per heavy atom. The third-order valence-corrected chi connectivity index (χ3v) is 1.72. The number of alkyl halides is 2. The van der Waals surface area contributed by atoms with Gasteiger partial charge in [-0.1, -0.05) is 12.1 Å². The molecule has 0 spiro atoms. The van der Waals surface area contributed by atoms with Crippen LogP contribution in [0.15, 0.2) is 30.3 Å². The Balaban J connectivity index is 2.64. The predicted molar refractivity (Wildman–Crippen MR) is 54.1 cm³/mol. The van der Waals surface area contributed by atoms with Crippen LogP contribution >= 0.6 is 0 Å². The molecule has 0 bridgehead atoms. The van der Waals surface area contributed by atoms with Gasteiger partial charge in [-0.2, -0.15) is 8.78 Å². The van der Waals surface area contributed by atoms with Gasteiger partial charge in [0.2, 0.25) is 0 Å². The minimum atomic E-state index is -2.84. The summed E-state index contributed by atoms with van der Waals surface area (Å²) in [5.74, 6) is -0.405. The fourth-order valence-corrected chi connectivity index (χ4v) is 0.993.